The van der Waals surface area contributed by atoms with E-state index < -0.39 is 32.5 Å². The van der Waals surface area contributed by atoms with Crippen LogP contribution in [0.1, 0.15) is 5.56 Å². The van der Waals surface area contributed by atoms with E-state index in [0.717, 1.165) is 4.31 Å². The Labute approximate surface area is 233 Å². The first-order valence-electron chi connectivity index (χ1n) is 11.9. The van der Waals surface area contributed by atoms with E-state index in [9.17, 15) is 21.6 Å². The van der Waals surface area contributed by atoms with Crippen molar-refractivity contribution >= 4 is 48.9 Å². The van der Waals surface area contributed by atoms with E-state index in [1.807, 2.05) is 0 Å². The zero-order valence-corrected chi connectivity index (χ0v) is 23.7. The molecule has 13 heteroatoms. The maximum Gasteiger partial charge on any atom is 0.264 e. The standard InChI is InChI=1S/C26H28ClN3O7S2/c1-19-22(27)9-6-10-24(19)30(39(34,35)20-7-4-3-5-8-20)18-26(31)28-23-17-21(11-12-25(23)36-2)38(32,33)29-13-15-37-16-14-29/h3-12,17H,13-16,18H2,1-2H3,(H,28,31). The number of halogens is 1. The van der Waals surface area contributed by atoms with Crippen molar-refractivity contribution in [2.75, 3.05) is 49.6 Å². The topological polar surface area (TPSA) is 122 Å². The van der Waals surface area contributed by atoms with Gasteiger partial charge in [-0.05, 0) is 55.0 Å². The van der Waals surface area contributed by atoms with Gasteiger partial charge in [0.1, 0.15) is 12.3 Å². The van der Waals surface area contributed by atoms with Crippen LogP contribution in [-0.4, -0.2) is 67.0 Å². The molecule has 0 aliphatic carbocycles. The normalized spacial score (nSPS) is 14.5. The third kappa shape index (κ3) is 6.20. The van der Waals surface area contributed by atoms with Gasteiger partial charge < -0.3 is 14.8 Å². The molecule has 1 aliphatic rings. The molecule has 1 aliphatic heterocycles. The molecule has 0 bridgehead atoms. The summed E-state index contributed by atoms with van der Waals surface area (Å²) in [5, 5.41) is 2.96. The van der Waals surface area contributed by atoms with Crippen molar-refractivity contribution in [2.24, 2.45) is 0 Å². The van der Waals surface area contributed by atoms with Gasteiger partial charge in [0.15, 0.2) is 0 Å². The Morgan fingerprint density at radius 1 is 1.00 bits per heavy atom. The lowest BCUT2D eigenvalue weighted by molar-refractivity contribution is -0.114. The summed E-state index contributed by atoms with van der Waals surface area (Å²) in [6.45, 7) is 2.04. The summed E-state index contributed by atoms with van der Waals surface area (Å²) in [6, 6.07) is 16.6. The largest absolute Gasteiger partial charge is 0.495 e. The van der Waals surface area contributed by atoms with E-state index in [-0.39, 0.29) is 53.2 Å². The quantitative estimate of drug-likeness (QED) is 0.403. The van der Waals surface area contributed by atoms with Gasteiger partial charge >= 0.3 is 0 Å². The van der Waals surface area contributed by atoms with E-state index in [1.54, 1.807) is 43.3 Å². The van der Waals surface area contributed by atoms with Crippen LogP contribution in [0.3, 0.4) is 0 Å². The molecular formula is C26H28ClN3O7S2. The minimum absolute atomic E-state index is 0.00615. The summed E-state index contributed by atoms with van der Waals surface area (Å²) in [4.78, 5) is 13.3. The number of benzene rings is 3. The number of nitrogens with zero attached hydrogens (tertiary/aromatic N) is 2. The molecule has 0 atom stereocenters. The Kier molecular flexibility index (Phi) is 8.82. The molecule has 3 aromatic carbocycles. The minimum atomic E-state index is -4.17. The third-order valence-corrected chi connectivity index (χ3v) is 10.3. The molecule has 0 unspecified atom stereocenters. The average molecular weight is 594 g/mol. The lowest BCUT2D eigenvalue weighted by atomic mass is 10.2. The predicted octanol–water partition coefficient (Wildman–Crippen LogP) is 3.51. The van der Waals surface area contributed by atoms with Gasteiger partial charge in [0, 0.05) is 18.1 Å². The van der Waals surface area contributed by atoms with E-state index >= 15 is 0 Å². The highest BCUT2D eigenvalue weighted by atomic mass is 35.5. The number of anilines is 2. The van der Waals surface area contributed by atoms with Crippen molar-refractivity contribution in [1.82, 2.24) is 4.31 Å². The summed E-state index contributed by atoms with van der Waals surface area (Å²) in [5.41, 5.74) is 0.788. The Hall–Kier alpha value is -3.16. The third-order valence-electron chi connectivity index (χ3n) is 6.18. The number of sulfonamides is 2. The molecule has 39 heavy (non-hydrogen) atoms. The van der Waals surface area contributed by atoms with E-state index in [0.29, 0.717) is 10.6 Å². The number of carbonyl (C=O) groups is 1. The number of morpholine rings is 1. The van der Waals surface area contributed by atoms with Crippen molar-refractivity contribution < 1.29 is 31.1 Å². The summed E-state index contributed by atoms with van der Waals surface area (Å²) < 4.78 is 66.5. The maximum atomic E-state index is 13.7. The molecule has 4 rings (SSSR count). The van der Waals surface area contributed by atoms with E-state index in [2.05, 4.69) is 5.32 Å². The minimum Gasteiger partial charge on any atom is -0.495 e. The SMILES string of the molecule is COc1ccc(S(=O)(=O)N2CCOCC2)cc1NC(=O)CN(c1cccc(Cl)c1C)S(=O)(=O)c1ccccc1. The molecular weight excluding hydrogens is 566 g/mol. The van der Waals surface area contributed by atoms with Crippen LogP contribution in [0.15, 0.2) is 76.5 Å². The molecule has 1 amide bonds. The van der Waals surface area contributed by atoms with Gasteiger partial charge in [0.05, 0.1) is 41.5 Å². The number of rotatable bonds is 9. The fraction of sp³-hybridized carbons (Fsp3) is 0.269. The average Bonchev–Trinajstić information content (AvgIpc) is 2.94. The Morgan fingerprint density at radius 2 is 1.69 bits per heavy atom. The van der Waals surface area contributed by atoms with Gasteiger partial charge in [0.2, 0.25) is 15.9 Å². The summed E-state index contributed by atoms with van der Waals surface area (Å²) in [7, 11) is -6.65. The van der Waals surface area contributed by atoms with Gasteiger partial charge in [-0.3, -0.25) is 9.10 Å². The second-order valence-corrected chi connectivity index (χ2v) is 12.8. The van der Waals surface area contributed by atoms with Crippen molar-refractivity contribution in [3.05, 3.63) is 77.3 Å². The number of methoxy groups -OCH3 is 1. The molecule has 1 fully saturated rings. The van der Waals surface area contributed by atoms with Gasteiger partial charge in [-0.1, -0.05) is 35.9 Å². The van der Waals surface area contributed by atoms with Crippen molar-refractivity contribution in [2.45, 2.75) is 16.7 Å². The molecule has 1 saturated heterocycles. The number of ether oxygens (including phenoxy) is 2. The first-order valence-corrected chi connectivity index (χ1v) is 15.2. The van der Waals surface area contributed by atoms with Crippen LogP contribution in [0.25, 0.3) is 0 Å². The number of carbonyl (C=O) groups excluding carboxylic acids is 1. The zero-order chi connectivity index (χ0) is 28.2. The monoisotopic (exact) mass is 593 g/mol. The van der Waals surface area contributed by atoms with Gasteiger partial charge in [-0.25, -0.2) is 16.8 Å². The highest BCUT2D eigenvalue weighted by Gasteiger charge is 2.30. The highest BCUT2D eigenvalue weighted by molar-refractivity contribution is 7.92. The van der Waals surface area contributed by atoms with Crippen molar-refractivity contribution in [3.8, 4) is 5.75 Å². The second kappa shape index (κ2) is 11.9. The van der Waals surface area contributed by atoms with Crippen LogP contribution >= 0.6 is 11.6 Å². The Bertz CT molecular complexity index is 1560. The smallest absolute Gasteiger partial charge is 0.264 e. The lowest BCUT2D eigenvalue weighted by Gasteiger charge is -2.27. The van der Waals surface area contributed by atoms with Crippen LogP contribution in [0, 0.1) is 6.92 Å². The van der Waals surface area contributed by atoms with E-state index in [4.69, 9.17) is 21.1 Å². The summed E-state index contributed by atoms with van der Waals surface area (Å²) in [6.07, 6.45) is 0. The van der Waals surface area contributed by atoms with Crippen molar-refractivity contribution in [3.63, 3.8) is 0 Å². The molecule has 0 spiro atoms. The number of nitrogens with one attached hydrogen (secondary N) is 1. The maximum absolute atomic E-state index is 13.7. The highest BCUT2D eigenvalue weighted by Crippen LogP contribution is 2.32. The van der Waals surface area contributed by atoms with Crippen LogP contribution in [0.4, 0.5) is 11.4 Å². The molecule has 1 heterocycles. The van der Waals surface area contributed by atoms with Crippen LogP contribution < -0.4 is 14.4 Å². The van der Waals surface area contributed by atoms with Gasteiger partial charge in [0.25, 0.3) is 10.0 Å². The molecule has 0 aromatic heterocycles. The summed E-state index contributed by atoms with van der Waals surface area (Å²) >= 11 is 6.28. The molecule has 3 aromatic rings. The Balaban J connectivity index is 1.68. The molecule has 208 valence electrons. The Morgan fingerprint density at radius 3 is 2.36 bits per heavy atom. The number of hydrogen-bond acceptors (Lipinski definition) is 7. The van der Waals surface area contributed by atoms with Crippen LogP contribution in [0.5, 0.6) is 5.75 Å². The number of amides is 1. The molecule has 10 nitrogen and oxygen atoms in total. The zero-order valence-electron chi connectivity index (χ0n) is 21.3. The fourth-order valence-corrected chi connectivity index (χ4v) is 7.19. The van der Waals surface area contributed by atoms with E-state index in [1.165, 1.54) is 41.7 Å². The number of hydrogen-bond donors (Lipinski definition) is 1. The summed E-state index contributed by atoms with van der Waals surface area (Å²) in [5.74, 6) is -0.506. The first-order chi connectivity index (χ1) is 18.6. The molecule has 0 radical (unpaired) electrons. The second-order valence-electron chi connectivity index (χ2n) is 8.64. The molecule has 0 saturated carbocycles. The van der Waals surface area contributed by atoms with Gasteiger partial charge in [-0.15, -0.1) is 0 Å². The predicted molar refractivity (Wildman–Crippen MR) is 148 cm³/mol. The fourth-order valence-electron chi connectivity index (χ4n) is 4.09. The lowest BCUT2D eigenvalue weighted by Crippen LogP contribution is -2.40. The van der Waals surface area contributed by atoms with Crippen LogP contribution in [-0.2, 0) is 29.6 Å². The van der Waals surface area contributed by atoms with Crippen LogP contribution in [0.2, 0.25) is 5.02 Å². The van der Waals surface area contributed by atoms with Crippen molar-refractivity contribution in [1.29, 1.82) is 0 Å². The van der Waals surface area contributed by atoms with Gasteiger partial charge in [-0.2, -0.15) is 4.31 Å². The molecule has 1 N–H and O–H groups in total. The first kappa shape index (κ1) is 28.8.